The van der Waals surface area contributed by atoms with Crippen molar-refractivity contribution in [3.63, 3.8) is 0 Å². The molecule has 2 aromatic carbocycles. The SMILES string of the molecule is COc1ccccc1-c1ccc2c(Nc3ccc(C(C)C)cc3)nccn12. The number of para-hydroxylation sites is 1. The van der Waals surface area contributed by atoms with Gasteiger partial charge in [-0.2, -0.15) is 0 Å². The van der Waals surface area contributed by atoms with Crippen molar-refractivity contribution < 1.29 is 4.74 Å². The van der Waals surface area contributed by atoms with Crippen LogP contribution < -0.4 is 10.1 Å². The van der Waals surface area contributed by atoms with Gasteiger partial charge in [-0.1, -0.05) is 38.1 Å². The molecule has 0 aliphatic heterocycles. The molecule has 4 heteroatoms. The number of methoxy groups -OCH3 is 1. The van der Waals surface area contributed by atoms with Gasteiger partial charge < -0.3 is 14.5 Å². The third-order valence-corrected chi connectivity index (χ3v) is 4.80. The second kappa shape index (κ2) is 7.16. The number of fused-ring (bicyclic) bond motifs is 1. The highest BCUT2D eigenvalue weighted by Gasteiger charge is 2.12. The molecule has 4 aromatic rings. The minimum atomic E-state index is 0.523. The minimum Gasteiger partial charge on any atom is -0.496 e. The third kappa shape index (κ3) is 3.26. The van der Waals surface area contributed by atoms with Crippen molar-refractivity contribution in [2.45, 2.75) is 19.8 Å². The van der Waals surface area contributed by atoms with Crippen LogP contribution in [0.15, 0.2) is 73.1 Å². The fourth-order valence-electron chi connectivity index (χ4n) is 3.30. The summed E-state index contributed by atoms with van der Waals surface area (Å²) in [6.07, 6.45) is 3.79. The van der Waals surface area contributed by atoms with Crippen molar-refractivity contribution in [3.8, 4) is 17.0 Å². The number of nitrogens with zero attached hydrogens (tertiary/aromatic N) is 2. The minimum absolute atomic E-state index is 0.523. The second-order valence-electron chi connectivity index (χ2n) is 6.85. The first kappa shape index (κ1) is 17.2. The van der Waals surface area contributed by atoms with Crippen molar-refractivity contribution in [2.24, 2.45) is 0 Å². The Morgan fingerprint density at radius 1 is 0.963 bits per heavy atom. The van der Waals surface area contributed by atoms with E-state index >= 15 is 0 Å². The number of nitrogens with one attached hydrogen (secondary N) is 1. The van der Waals surface area contributed by atoms with E-state index in [0.717, 1.165) is 34.0 Å². The topological polar surface area (TPSA) is 38.6 Å². The first-order valence-corrected chi connectivity index (χ1v) is 9.14. The monoisotopic (exact) mass is 357 g/mol. The van der Waals surface area contributed by atoms with E-state index in [1.807, 2.05) is 30.6 Å². The quantitative estimate of drug-likeness (QED) is 0.485. The molecule has 2 heterocycles. The van der Waals surface area contributed by atoms with Crippen molar-refractivity contribution in [1.82, 2.24) is 9.38 Å². The second-order valence-corrected chi connectivity index (χ2v) is 6.85. The number of anilines is 2. The van der Waals surface area contributed by atoms with Crippen LogP contribution in [0, 0.1) is 0 Å². The van der Waals surface area contributed by atoms with E-state index in [0.29, 0.717) is 5.92 Å². The molecule has 0 radical (unpaired) electrons. The Hall–Kier alpha value is -3.27. The highest BCUT2D eigenvalue weighted by molar-refractivity contribution is 5.80. The number of hydrogen-bond acceptors (Lipinski definition) is 3. The van der Waals surface area contributed by atoms with Gasteiger partial charge in [0.25, 0.3) is 0 Å². The van der Waals surface area contributed by atoms with E-state index in [2.05, 4.69) is 71.0 Å². The molecule has 4 rings (SSSR count). The summed E-state index contributed by atoms with van der Waals surface area (Å²) in [5.41, 5.74) is 5.50. The Kier molecular flexibility index (Phi) is 4.55. The van der Waals surface area contributed by atoms with E-state index in [-0.39, 0.29) is 0 Å². The standard InChI is InChI=1S/C23H23N3O/c1-16(2)17-8-10-18(11-9-17)25-23-21-13-12-20(26(21)15-14-24-23)19-6-4-5-7-22(19)27-3/h4-16H,1-3H3,(H,24,25). The molecule has 136 valence electrons. The predicted octanol–water partition coefficient (Wildman–Crippen LogP) is 5.88. The Balaban J connectivity index is 1.72. The number of benzene rings is 2. The maximum atomic E-state index is 5.53. The van der Waals surface area contributed by atoms with Crippen LogP contribution in [0.2, 0.25) is 0 Å². The van der Waals surface area contributed by atoms with E-state index < -0.39 is 0 Å². The normalized spacial score (nSPS) is 11.1. The molecule has 27 heavy (non-hydrogen) atoms. The number of hydrogen-bond donors (Lipinski definition) is 1. The van der Waals surface area contributed by atoms with Crippen LogP contribution in [-0.2, 0) is 0 Å². The molecule has 1 N–H and O–H groups in total. The number of ether oxygens (including phenoxy) is 1. The van der Waals surface area contributed by atoms with E-state index in [1.54, 1.807) is 7.11 Å². The largest absolute Gasteiger partial charge is 0.496 e. The van der Waals surface area contributed by atoms with Crippen LogP contribution in [0.4, 0.5) is 11.5 Å². The summed E-state index contributed by atoms with van der Waals surface area (Å²) in [6.45, 7) is 4.40. The average molecular weight is 357 g/mol. The van der Waals surface area contributed by atoms with Gasteiger partial charge >= 0.3 is 0 Å². The lowest BCUT2D eigenvalue weighted by Gasteiger charge is -2.12. The van der Waals surface area contributed by atoms with Crippen molar-refractivity contribution in [3.05, 3.63) is 78.6 Å². The van der Waals surface area contributed by atoms with Crippen molar-refractivity contribution in [2.75, 3.05) is 12.4 Å². The Morgan fingerprint density at radius 2 is 1.74 bits per heavy atom. The molecule has 0 saturated carbocycles. The molecular formula is C23H23N3O. The summed E-state index contributed by atoms with van der Waals surface area (Å²) in [5, 5.41) is 3.44. The average Bonchev–Trinajstić information content (AvgIpc) is 3.13. The molecule has 0 spiro atoms. The van der Waals surface area contributed by atoms with Gasteiger partial charge in [-0.25, -0.2) is 4.98 Å². The fraction of sp³-hybridized carbons (Fsp3) is 0.174. The lowest BCUT2D eigenvalue weighted by Crippen LogP contribution is -1.98. The maximum absolute atomic E-state index is 5.53. The first-order chi connectivity index (χ1) is 13.2. The summed E-state index contributed by atoms with van der Waals surface area (Å²) in [5.74, 6) is 2.21. The smallest absolute Gasteiger partial charge is 0.154 e. The van der Waals surface area contributed by atoms with E-state index in [9.17, 15) is 0 Å². The van der Waals surface area contributed by atoms with Gasteiger partial charge in [-0.05, 0) is 47.9 Å². The molecular weight excluding hydrogens is 334 g/mol. The summed E-state index contributed by atoms with van der Waals surface area (Å²) in [4.78, 5) is 4.55. The van der Waals surface area contributed by atoms with Crippen LogP contribution in [0.5, 0.6) is 5.75 Å². The first-order valence-electron chi connectivity index (χ1n) is 9.14. The maximum Gasteiger partial charge on any atom is 0.154 e. The van der Waals surface area contributed by atoms with E-state index in [1.165, 1.54) is 5.56 Å². The molecule has 0 aliphatic rings. The van der Waals surface area contributed by atoms with Gasteiger partial charge in [0.2, 0.25) is 0 Å². The summed E-state index contributed by atoms with van der Waals surface area (Å²) in [6, 6.07) is 20.7. The zero-order valence-corrected chi connectivity index (χ0v) is 15.8. The van der Waals surface area contributed by atoms with Gasteiger partial charge in [-0.15, -0.1) is 0 Å². The molecule has 0 amide bonds. The van der Waals surface area contributed by atoms with Crippen LogP contribution in [0.3, 0.4) is 0 Å². The lowest BCUT2D eigenvalue weighted by atomic mass is 10.0. The highest BCUT2D eigenvalue weighted by atomic mass is 16.5. The van der Waals surface area contributed by atoms with Gasteiger partial charge in [0, 0.05) is 23.6 Å². The Morgan fingerprint density at radius 3 is 2.48 bits per heavy atom. The predicted molar refractivity (Wildman–Crippen MR) is 111 cm³/mol. The summed E-state index contributed by atoms with van der Waals surface area (Å²) >= 11 is 0. The Bertz CT molecular complexity index is 1060. The zero-order chi connectivity index (χ0) is 18.8. The Labute approximate surface area is 159 Å². The molecule has 4 nitrogen and oxygen atoms in total. The van der Waals surface area contributed by atoms with Crippen LogP contribution in [-0.4, -0.2) is 16.5 Å². The zero-order valence-electron chi connectivity index (χ0n) is 15.8. The van der Waals surface area contributed by atoms with Gasteiger partial charge in [-0.3, -0.25) is 0 Å². The highest BCUT2D eigenvalue weighted by Crippen LogP contribution is 2.32. The van der Waals surface area contributed by atoms with Gasteiger partial charge in [0.05, 0.1) is 18.3 Å². The lowest BCUT2D eigenvalue weighted by molar-refractivity contribution is 0.416. The molecule has 0 atom stereocenters. The molecule has 0 aliphatic carbocycles. The molecule has 0 fully saturated rings. The number of rotatable bonds is 5. The number of aromatic nitrogens is 2. The summed E-state index contributed by atoms with van der Waals surface area (Å²) < 4.78 is 7.66. The van der Waals surface area contributed by atoms with E-state index in [4.69, 9.17) is 4.74 Å². The van der Waals surface area contributed by atoms with Crippen molar-refractivity contribution >= 4 is 17.0 Å². The van der Waals surface area contributed by atoms with Crippen LogP contribution >= 0.6 is 0 Å². The summed E-state index contributed by atoms with van der Waals surface area (Å²) in [7, 11) is 1.70. The molecule has 0 bridgehead atoms. The van der Waals surface area contributed by atoms with Gasteiger partial charge in [0.1, 0.15) is 5.75 Å². The molecule has 2 aromatic heterocycles. The third-order valence-electron chi connectivity index (χ3n) is 4.80. The van der Waals surface area contributed by atoms with Gasteiger partial charge in [0.15, 0.2) is 5.82 Å². The molecule has 0 saturated heterocycles. The fourth-order valence-corrected chi connectivity index (χ4v) is 3.30. The van der Waals surface area contributed by atoms with Crippen LogP contribution in [0.25, 0.3) is 16.8 Å². The van der Waals surface area contributed by atoms with Crippen molar-refractivity contribution in [1.29, 1.82) is 0 Å². The molecule has 0 unspecified atom stereocenters. The van der Waals surface area contributed by atoms with Crippen LogP contribution in [0.1, 0.15) is 25.3 Å².